The summed E-state index contributed by atoms with van der Waals surface area (Å²) in [4.78, 5) is 0. The molecular weight excluding hydrogens is 479 g/mol. The van der Waals surface area contributed by atoms with Crippen molar-refractivity contribution in [2.24, 2.45) is 23.7 Å². The fourth-order valence-corrected chi connectivity index (χ4v) is 6.98. The predicted molar refractivity (Wildman–Crippen MR) is 140 cm³/mol. The van der Waals surface area contributed by atoms with Crippen molar-refractivity contribution in [1.29, 1.82) is 0 Å². The van der Waals surface area contributed by atoms with Crippen molar-refractivity contribution in [2.75, 3.05) is 0 Å². The summed E-state index contributed by atoms with van der Waals surface area (Å²) < 4.78 is 70.3. The quantitative estimate of drug-likeness (QED) is 0.175. The molecule has 2 aromatic carbocycles. The summed E-state index contributed by atoms with van der Waals surface area (Å²) in [5.74, 6) is -3.11. The summed E-state index contributed by atoms with van der Waals surface area (Å²) in [7, 11) is 0. The van der Waals surface area contributed by atoms with Gasteiger partial charge in [0.25, 0.3) is 0 Å². The van der Waals surface area contributed by atoms with Crippen molar-refractivity contribution in [3.8, 4) is 11.1 Å². The lowest BCUT2D eigenvalue weighted by molar-refractivity contribution is 0.169. The van der Waals surface area contributed by atoms with Gasteiger partial charge in [0.15, 0.2) is 17.5 Å². The van der Waals surface area contributed by atoms with Gasteiger partial charge in [0, 0.05) is 0 Å². The molecule has 2 saturated carbocycles. The largest absolute Gasteiger partial charge is 0.206 e. The summed E-state index contributed by atoms with van der Waals surface area (Å²) >= 11 is 0. The average Bonchev–Trinajstić information content (AvgIpc) is 2.87. The van der Waals surface area contributed by atoms with E-state index in [9.17, 15) is 22.0 Å². The smallest absolute Gasteiger partial charge is 0.194 e. The first-order valence-electron chi connectivity index (χ1n) is 14.4. The molecule has 0 amide bonds. The number of hydrogen-bond donors (Lipinski definition) is 0. The zero-order chi connectivity index (χ0) is 26.5. The summed E-state index contributed by atoms with van der Waals surface area (Å²) in [6.45, 7) is 4.68. The highest BCUT2D eigenvalue weighted by Gasteiger charge is 2.30. The Morgan fingerprint density at radius 2 is 1.27 bits per heavy atom. The van der Waals surface area contributed by atoms with Crippen molar-refractivity contribution >= 4 is 0 Å². The number of unbranched alkanes of at least 4 members (excludes halogenated alkanes) is 2. The average molecular weight is 521 g/mol. The second-order valence-electron chi connectivity index (χ2n) is 11.8. The van der Waals surface area contributed by atoms with Crippen molar-refractivity contribution in [1.82, 2.24) is 0 Å². The topological polar surface area (TPSA) is 0 Å². The molecule has 0 spiro atoms. The Morgan fingerprint density at radius 3 is 1.84 bits per heavy atom. The standard InChI is InChI=1S/C32H41F5/c1-3-4-5-6-21-7-11-23(12-8-21)20(2)15-22-9-13-24(14-10-22)25-16-27(33)31(28(34)17-25)26-18-29(35)32(37)30(36)19-26/h16-24H,3-15H2,1-2H3. The fourth-order valence-electron chi connectivity index (χ4n) is 6.98. The Labute approximate surface area is 219 Å². The van der Waals surface area contributed by atoms with Crippen LogP contribution < -0.4 is 0 Å². The summed E-state index contributed by atoms with van der Waals surface area (Å²) in [5.41, 5.74) is -0.274. The van der Waals surface area contributed by atoms with Gasteiger partial charge in [-0.25, -0.2) is 22.0 Å². The van der Waals surface area contributed by atoms with Crippen LogP contribution >= 0.6 is 0 Å². The highest BCUT2D eigenvalue weighted by atomic mass is 19.2. The minimum Gasteiger partial charge on any atom is -0.206 e. The van der Waals surface area contributed by atoms with Gasteiger partial charge in [-0.05, 0) is 110 Å². The minimum atomic E-state index is -1.65. The van der Waals surface area contributed by atoms with E-state index in [0.717, 1.165) is 43.4 Å². The van der Waals surface area contributed by atoms with Crippen molar-refractivity contribution in [2.45, 2.75) is 103 Å². The first kappa shape index (κ1) is 28.1. The SMILES string of the molecule is CCCCCC1CCC(C(C)CC2CCC(c3cc(F)c(-c4cc(F)c(F)c(F)c4)c(F)c3)CC2)CC1. The molecule has 1 atom stereocenters. The molecule has 0 heterocycles. The van der Waals surface area contributed by atoms with Crippen LogP contribution in [0.4, 0.5) is 22.0 Å². The van der Waals surface area contributed by atoms with E-state index in [4.69, 9.17) is 0 Å². The maximum Gasteiger partial charge on any atom is 0.194 e. The molecule has 2 aliphatic carbocycles. The highest BCUT2D eigenvalue weighted by Crippen LogP contribution is 2.43. The van der Waals surface area contributed by atoms with Crippen molar-refractivity contribution in [3.05, 3.63) is 58.9 Å². The molecule has 204 valence electrons. The zero-order valence-corrected chi connectivity index (χ0v) is 22.3. The van der Waals surface area contributed by atoms with Gasteiger partial charge in [0.05, 0.1) is 5.56 Å². The summed E-state index contributed by atoms with van der Waals surface area (Å²) in [5, 5.41) is 0. The fraction of sp³-hybridized carbons (Fsp3) is 0.625. The summed E-state index contributed by atoms with van der Waals surface area (Å²) in [6, 6.07) is 3.82. The van der Waals surface area contributed by atoms with E-state index in [0.29, 0.717) is 23.6 Å². The molecule has 5 heteroatoms. The van der Waals surface area contributed by atoms with E-state index in [-0.39, 0.29) is 11.5 Å². The minimum absolute atomic E-state index is 0.0739. The predicted octanol–water partition coefficient (Wildman–Crippen LogP) is 10.7. The molecule has 2 aliphatic rings. The third-order valence-corrected chi connectivity index (χ3v) is 9.27. The number of hydrogen-bond acceptors (Lipinski definition) is 0. The van der Waals surface area contributed by atoms with E-state index in [2.05, 4.69) is 13.8 Å². The lowest BCUT2D eigenvalue weighted by Gasteiger charge is -2.36. The normalized spacial score (nSPS) is 25.3. The Morgan fingerprint density at radius 1 is 0.703 bits per heavy atom. The molecule has 0 bridgehead atoms. The van der Waals surface area contributed by atoms with Gasteiger partial charge >= 0.3 is 0 Å². The maximum atomic E-state index is 14.9. The van der Waals surface area contributed by atoms with Crippen LogP contribution in [0.1, 0.15) is 109 Å². The Bertz CT molecular complexity index is 985. The van der Waals surface area contributed by atoms with Gasteiger partial charge in [-0.2, -0.15) is 0 Å². The monoisotopic (exact) mass is 520 g/mol. The Kier molecular flexibility index (Phi) is 9.69. The van der Waals surface area contributed by atoms with Crippen LogP contribution in [-0.4, -0.2) is 0 Å². The van der Waals surface area contributed by atoms with Gasteiger partial charge in [0.2, 0.25) is 0 Å². The van der Waals surface area contributed by atoms with Crippen LogP contribution in [0.3, 0.4) is 0 Å². The molecule has 4 rings (SSSR count). The summed E-state index contributed by atoms with van der Waals surface area (Å²) in [6.07, 6.45) is 16.1. The van der Waals surface area contributed by atoms with Crippen LogP contribution in [0, 0.1) is 52.8 Å². The van der Waals surface area contributed by atoms with E-state index in [1.807, 2.05) is 0 Å². The molecule has 2 aromatic rings. The lowest BCUT2D eigenvalue weighted by atomic mass is 9.70. The molecule has 0 nitrogen and oxygen atoms in total. The van der Waals surface area contributed by atoms with Crippen LogP contribution in [0.25, 0.3) is 11.1 Å². The third-order valence-electron chi connectivity index (χ3n) is 9.27. The molecule has 0 saturated heterocycles. The zero-order valence-electron chi connectivity index (χ0n) is 22.3. The van der Waals surface area contributed by atoms with Crippen LogP contribution in [-0.2, 0) is 0 Å². The first-order valence-corrected chi connectivity index (χ1v) is 14.4. The van der Waals surface area contributed by atoms with Gasteiger partial charge in [0.1, 0.15) is 11.6 Å². The molecule has 0 N–H and O–H groups in total. The van der Waals surface area contributed by atoms with E-state index < -0.39 is 34.6 Å². The molecule has 0 radical (unpaired) electrons. The van der Waals surface area contributed by atoms with Crippen molar-refractivity contribution in [3.63, 3.8) is 0 Å². The molecule has 1 unspecified atom stereocenters. The van der Waals surface area contributed by atoms with Gasteiger partial charge < -0.3 is 0 Å². The maximum absolute atomic E-state index is 14.9. The Balaban J connectivity index is 1.30. The van der Waals surface area contributed by atoms with E-state index in [1.54, 1.807) is 0 Å². The number of benzene rings is 2. The van der Waals surface area contributed by atoms with Crippen LogP contribution in [0.5, 0.6) is 0 Å². The first-order chi connectivity index (χ1) is 17.8. The third kappa shape index (κ3) is 6.95. The van der Waals surface area contributed by atoms with Crippen LogP contribution in [0.2, 0.25) is 0 Å². The molecule has 0 aliphatic heterocycles. The second-order valence-corrected chi connectivity index (χ2v) is 11.8. The Hall–Kier alpha value is -1.91. The number of halogens is 5. The van der Waals surface area contributed by atoms with Gasteiger partial charge in [-0.15, -0.1) is 0 Å². The van der Waals surface area contributed by atoms with Gasteiger partial charge in [-0.3, -0.25) is 0 Å². The van der Waals surface area contributed by atoms with E-state index in [1.165, 1.54) is 69.9 Å². The number of rotatable bonds is 9. The van der Waals surface area contributed by atoms with E-state index >= 15 is 0 Å². The highest BCUT2D eigenvalue weighted by molar-refractivity contribution is 5.65. The second kappa shape index (κ2) is 12.8. The van der Waals surface area contributed by atoms with Crippen LogP contribution in [0.15, 0.2) is 24.3 Å². The lowest BCUT2D eigenvalue weighted by Crippen LogP contribution is -2.23. The molecule has 37 heavy (non-hydrogen) atoms. The van der Waals surface area contributed by atoms with Gasteiger partial charge in [-0.1, -0.05) is 52.4 Å². The van der Waals surface area contributed by atoms with Crippen molar-refractivity contribution < 1.29 is 22.0 Å². The molecular formula is C32H41F5. The molecule has 0 aromatic heterocycles. The molecule has 2 fully saturated rings.